The van der Waals surface area contributed by atoms with Crippen LogP contribution in [0.3, 0.4) is 0 Å². The first kappa shape index (κ1) is 10.7. The summed E-state index contributed by atoms with van der Waals surface area (Å²) < 4.78 is 0. The van der Waals surface area contributed by atoms with Crippen LogP contribution in [0, 0.1) is 11.3 Å². The molecule has 0 aliphatic heterocycles. The van der Waals surface area contributed by atoms with Gasteiger partial charge in [0.1, 0.15) is 0 Å². The lowest BCUT2D eigenvalue weighted by Crippen LogP contribution is -2.10. The highest BCUT2D eigenvalue weighted by Gasteiger charge is 2.14. The van der Waals surface area contributed by atoms with E-state index in [9.17, 15) is 0 Å². The van der Waals surface area contributed by atoms with Crippen LogP contribution in [0.2, 0.25) is 0 Å². The predicted molar refractivity (Wildman–Crippen MR) is 67.4 cm³/mol. The molecule has 80 valence electrons. The van der Waals surface area contributed by atoms with Crippen LogP contribution in [-0.4, -0.2) is 0 Å². The third kappa shape index (κ3) is 1.79. The number of rotatable bonds is 0. The Bertz CT molecular complexity index is 568. The SMILES string of the molecule is CC(C)(C)c1ccc2cccc(C#N)c2c1. The number of hydrogen-bond acceptors (Lipinski definition) is 1. The van der Waals surface area contributed by atoms with Gasteiger partial charge in [-0.2, -0.15) is 5.26 Å². The molecule has 0 amide bonds. The lowest BCUT2D eigenvalue weighted by molar-refractivity contribution is 0.591. The zero-order valence-electron chi connectivity index (χ0n) is 9.91. The highest BCUT2D eigenvalue weighted by molar-refractivity contribution is 5.88. The maximum atomic E-state index is 9.08. The lowest BCUT2D eigenvalue weighted by atomic mass is 9.85. The zero-order chi connectivity index (χ0) is 11.8. The molecule has 0 atom stereocenters. The van der Waals surface area contributed by atoms with Crippen LogP contribution < -0.4 is 0 Å². The Morgan fingerprint density at radius 2 is 1.81 bits per heavy atom. The molecule has 0 spiro atoms. The van der Waals surface area contributed by atoms with Gasteiger partial charge in [0.25, 0.3) is 0 Å². The minimum Gasteiger partial charge on any atom is -0.192 e. The van der Waals surface area contributed by atoms with Crippen molar-refractivity contribution >= 4 is 10.8 Å². The molecule has 0 heterocycles. The molecular formula is C15H15N. The summed E-state index contributed by atoms with van der Waals surface area (Å²) in [7, 11) is 0. The minimum absolute atomic E-state index is 0.122. The summed E-state index contributed by atoms with van der Waals surface area (Å²) in [5, 5.41) is 11.3. The van der Waals surface area contributed by atoms with E-state index in [-0.39, 0.29) is 5.41 Å². The highest BCUT2D eigenvalue weighted by atomic mass is 14.2. The van der Waals surface area contributed by atoms with Gasteiger partial charge in [0.2, 0.25) is 0 Å². The Morgan fingerprint density at radius 3 is 2.44 bits per heavy atom. The molecule has 0 bridgehead atoms. The molecule has 2 aromatic rings. The van der Waals surface area contributed by atoms with Crippen LogP contribution in [0.5, 0.6) is 0 Å². The van der Waals surface area contributed by atoms with Crippen molar-refractivity contribution in [1.82, 2.24) is 0 Å². The van der Waals surface area contributed by atoms with Crippen molar-refractivity contribution < 1.29 is 0 Å². The highest BCUT2D eigenvalue weighted by Crippen LogP contribution is 2.27. The van der Waals surface area contributed by atoms with Crippen LogP contribution in [-0.2, 0) is 5.41 Å². The van der Waals surface area contributed by atoms with Crippen molar-refractivity contribution in [3.8, 4) is 6.07 Å². The van der Waals surface area contributed by atoms with Gasteiger partial charge in [-0.3, -0.25) is 0 Å². The molecule has 1 nitrogen and oxygen atoms in total. The van der Waals surface area contributed by atoms with E-state index in [4.69, 9.17) is 5.26 Å². The van der Waals surface area contributed by atoms with Crippen LogP contribution in [0.1, 0.15) is 31.9 Å². The third-order valence-corrected chi connectivity index (χ3v) is 2.87. The van der Waals surface area contributed by atoms with Gasteiger partial charge in [0.05, 0.1) is 11.6 Å². The van der Waals surface area contributed by atoms with Crippen LogP contribution >= 0.6 is 0 Å². The topological polar surface area (TPSA) is 23.8 Å². The van der Waals surface area contributed by atoms with Gasteiger partial charge in [0.15, 0.2) is 0 Å². The average Bonchev–Trinajstić information content (AvgIpc) is 2.26. The molecule has 0 aromatic heterocycles. The molecule has 0 saturated carbocycles. The molecule has 0 saturated heterocycles. The molecule has 0 radical (unpaired) electrons. The molecule has 0 unspecified atom stereocenters. The lowest BCUT2D eigenvalue weighted by Gasteiger charge is -2.19. The molecule has 0 fully saturated rings. The van der Waals surface area contributed by atoms with Crippen LogP contribution in [0.15, 0.2) is 36.4 Å². The Labute approximate surface area is 96.3 Å². The number of hydrogen-bond donors (Lipinski definition) is 0. The number of fused-ring (bicyclic) bond motifs is 1. The van der Waals surface area contributed by atoms with Gasteiger partial charge in [0, 0.05) is 0 Å². The fourth-order valence-corrected chi connectivity index (χ4v) is 1.84. The number of nitrogens with zero attached hydrogens (tertiary/aromatic N) is 1. The second-order valence-corrected chi connectivity index (χ2v) is 5.10. The summed E-state index contributed by atoms with van der Waals surface area (Å²) in [6.45, 7) is 6.55. The number of benzene rings is 2. The van der Waals surface area contributed by atoms with Crippen LogP contribution in [0.4, 0.5) is 0 Å². The molecular weight excluding hydrogens is 194 g/mol. The molecule has 0 N–H and O–H groups in total. The van der Waals surface area contributed by atoms with Gasteiger partial charge in [-0.05, 0) is 33.9 Å². The van der Waals surface area contributed by atoms with Gasteiger partial charge in [-0.25, -0.2) is 0 Å². The Hall–Kier alpha value is -1.81. The largest absolute Gasteiger partial charge is 0.192 e. The van der Waals surface area contributed by atoms with E-state index in [1.54, 1.807) is 0 Å². The first-order valence-corrected chi connectivity index (χ1v) is 5.46. The second kappa shape index (κ2) is 3.64. The van der Waals surface area contributed by atoms with Crippen molar-refractivity contribution in [2.24, 2.45) is 0 Å². The van der Waals surface area contributed by atoms with Crippen molar-refractivity contribution in [1.29, 1.82) is 5.26 Å². The molecule has 16 heavy (non-hydrogen) atoms. The molecule has 1 heteroatoms. The summed E-state index contributed by atoms with van der Waals surface area (Å²) in [5.74, 6) is 0. The van der Waals surface area contributed by atoms with Crippen molar-refractivity contribution in [2.45, 2.75) is 26.2 Å². The van der Waals surface area contributed by atoms with E-state index in [0.29, 0.717) is 0 Å². The number of nitriles is 1. The Kier molecular flexibility index (Phi) is 2.44. The predicted octanol–water partition coefficient (Wildman–Crippen LogP) is 4.01. The summed E-state index contributed by atoms with van der Waals surface area (Å²) in [4.78, 5) is 0. The minimum atomic E-state index is 0.122. The van der Waals surface area contributed by atoms with Gasteiger partial charge >= 0.3 is 0 Å². The summed E-state index contributed by atoms with van der Waals surface area (Å²) in [6, 6.07) is 14.5. The standard InChI is InChI=1S/C15H15N/c1-15(2,3)13-8-7-11-5-4-6-12(10-16)14(11)9-13/h4-9H,1-3H3. The van der Waals surface area contributed by atoms with Crippen molar-refractivity contribution in [3.05, 3.63) is 47.5 Å². The normalized spacial score (nSPS) is 11.4. The van der Waals surface area contributed by atoms with E-state index in [2.05, 4.69) is 45.0 Å². The fraction of sp³-hybridized carbons (Fsp3) is 0.267. The quantitative estimate of drug-likeness (QED) is 0.643. The second-order valence-electron chi connectivity index (χ2n) is 5.10. The molecule has 2 aromatic carbocycles. The third-order valence-electron chi connectivity index (χ3n) is 2.87. The maximum Gasteiger partial charge on any atom is 0.0998 e. The van der Waals surface area contributed by atoms with E-state index >= 15 is 0 Å². The average molecular weight is 209 g/mol. The maximum absolute atomic E-state index is 9.08. The van der Waals surface area contributed by atoms with Gasteiger partial charge < -0.3 is 0 Å². The summed E-state index contributed by atoms with van der Waals surface area (Å²) in [5.41, 5.74) is 2.14. The Morgan fingerprint density at radius 1 is 1.06 bits per heavy atom. The first-order valence-electron chi connectivity index (χ1n) is 5.46. The Balaban J connectivity index is 2.75. The smallest absolute Gasteiger partial charge is 0.0998 e. The summed E-state index contributed by atoms with van der Waals surface area (Å²) >= 11 is 0. The van der Waals surface area contributed by atoms with Crippen molar-refractivity contribution in [3.63, 3.8) is 0 Å². The molecule has 0 aliphatic carbocycles. The first-order chi connectivity index (χ1) is 7.52. The van der Waals surface area contributed by atoms with E-state index in [1.807, 2.05) is 18.2 Å². The van der Waals surface area contributed by atoms with Gasteiger partial charge in [-0.15, -0.1) is 0 Å². The monoisotopic (exact) mass is 209 g/mol. The van der Waals surface area contributed by atoms with Crippen LogP contribution in [0.25, 0.3) is 10.8 Å². The van der Waals surface area contributed by atoms with E-state index in [1.165, 1.54) is 5.56 Å². The zero-order valence-corrected chi connectivity index (χ0v) is 9.91. The van der Waals surface area contributed by atoms with Crippen molar-refractivity contribution in [2.75, 3.05) is 0 Å². The van der Waals surface area contributed by atoms with E-state index in [0.717, 1.165) is 16.3 Å². The molecule has 2 rings (SSSR count). The molecule has 0 aliphatic rings. The fourth-order valence-electron chi connectivity index (χ4n) is 1.84. The summed E-state index contributed by atoms with van der Waals surface area (Å²) in [6.07, 6.45) is 0. The van der Waals surface area contributed by atoms with Gasteiger partial charge in [-0.1, -0.05) is 45.0 Å². The van der Waals surface area contributed by atoms with E-state index < -0.39 is 0 Å².